The Morgan fingerprint density at radius 2 is 1.53 bits per heavy atom. The lowest BCUT2D eigenvalue weighted by Gasteiger charge is -2.22. The number of rotatable bonds is 3. The van der Waals surface area contributed by atoms with Crippen LogP contribution >= 0.6 is 0 Å². The van der Waals surface area contributed by atoms with E-state index in [1.54, 1.807) is 6.07 Å². The molecule has 4 rings (SSSR count). The van der Waals surface area contributed by atoms with E-state index in [9.17, 15) is 13.2 Å². The zero-order valence-corrected chi connectivity index (χ0v) is 18.0. The van der Waals surface area contributed by atoms with Gasteiger partial charge in [0.1, 0.15) is 5.75 Å². The van der Waals surface area contributed by atoms with E-state index in [4.69, 9.17) is 4.74 Å². The Morgan fingerprint density at radius 1 is 0.867 bits per heavy atom. The number of nitrogens with one attached hydrogen (secondary N) is 1. The van der Waals surface area contributed by atoms with Crippen molar-refractivity contribution < 1.29 is 17.9 Å². The molecule has 1 aliphatic rings. The predicted molar refractivity (Wildman–Crippen MR) is 117 cm³/mol. The maximum absolute atomic E-state index is 13.3. The number of amides is 1. The molecule has 0 saturated carbocycles. The predicted octanol–water partition coefficient (Wildman–Crippen LogP) is 4.79. The molecule has 6 nitrogen and oxygen atoms in total. The average Bonchev–Trinajstić information content (AvgIpc) is 2.84. The average molecular weight is 423 g/mol. The number of hydrogen-bond donors (Lipinski definition) is 1. The highest BCUT2D eigenvalue weighted by molar-refractivity contribution is 7.92. The highest BCUT2D eigenvalue weighted by Gasteiger charge is 2.27. The molecular formula is C23H22N2O4S. The fourth-order valence-electron chi connectivity index (χ4n) is 3.42. The van der Waals surface area contributed by atoms with Gasteiger partial charge in [-0.2, -0.15) is 0 Å². The van der Waals surface area contributed by atoms with Crippen LogP contribution in [0.2, 0.25) is 0 Å². The van der Waals surface area contributed by atoms with Crippen molar-refractivity contribution in [2.75, 3.05) is 16.7 Å². The van der Waals surface area contributed by atoms with Gasteiger partial charge in [-0.1, -0.05) is 18.2 Å². The minimum atomic E-state index is -3.88. The summed E-state index contributed by atoms with van der Waals surface area (Å²) in [7, 11) is -2.36. The van der Waals surface area contributed by atoms with E-state index in [0.29, 0.717) is 22.9 Å². The third-order valence-electron chi connectivity index (χ3n) is 5.16. The molecule has 0 fully saturated rings. The summed E-state index contributed by atoms with van der Waals surface area (Å²) in [6, 6.07) is 15.5. The second-order valence-electron chi connectivity index (χ2n) is 7.48. The summed E-state index contributed by atoms with van der Waals surface area (Å²) >= 11 is 0. The van der Waals surface area contributed by atoms with E-state index in [2.05, 4.69) is 5.32 Å². The zero-order valence-electron chi connectivity index (χ0n) is 17.2. The lowest BCUT2D eigenvalue weighted by Crippen LogP contribution is -2.27. The van der Waals surface area contributed by atoms with E-state index in [-0.39, 0.29) is 10.5 Å². The summed E-state index contributed by atoms with van der Waals surface area (Å²) in [6.45, 7) is 5.68. The number of nitrogens with zero attached hydrogens (tertiary/aromatic N) is 1. The summed E-state index contributed by atoms with van der Waals surface area (Å²) in [5, 5.41) is 2.80. The molecule has 30 heavy (non-hydrogen) atoms. The van der Waals surface area contributed by atoms with E-state index in [1.807, 2.05) is 51.1 Å². The van der Waals surface area contributed by atoms with Gasteiger partial charge in [-0.25, -0.2) is 8.42 Å². The molecule has 0 saturated heterocycles. The molecule has 0 aliphatic carbocycles. The van der Waals surface area contributed by atoms with Crippen molar-refractivity contribution in [2.45, 2.75) is 25.7 Å². The maximum atomic E-state index is 13.3. The van der Waals surface area contributed by atoms with Crippen LogP contribution in [0, 0.1) is 20.8 Å². The lowest BCUT2D eigenvalue weighted by molar-refractivity contribution is 0.102. The topological polar surface area (TPSA) is 75.7 Å². The molecule has 3 aromatic rings. The van der Waals surface area contributed by atoms with Crippen LogP contribution in [0.4, 0.5) is 11.4 Å². The lowest BCUT2D eigenvalue weighted by atomic mass is 10.1. The number of ether oxygens (including phenoxy) is 1. The van der Waals surface area contributed by atoms with Gasteiger partial charge in [0.05, 0.1) is 21.8 Å². The van der Waals surface area contributed by atoms with E-state index in [0.717, 1.165) is 16.7 Å². The normalized spacial score (nSPS) is 12.9. The van der Waals surface area contributed by atoms with Gasteiger partial charge in [-0.15, -0.1) is 0 Å². The number of carbonyl (C=O) groups is 1. The number of anilines is 2. The van der Waals surface area contributed by atoms with Gasteiger partial charge >= 0.3 is 0 Å². The Labute approximate surface area is 176 Å². The van der Waals surface area contributed by atoms with Crippen LogP contribution < -0.4 is 14.4 Å². The molecule has 0 unspecified atom stereocenters. The van der Waals surface area contributed by atoms with Crippen LogP contribution in [0.3, 0.4) is 0 Å². The van der Waals surface area contributed by atoms with E-state index >= 15 is 0 Å². The summed E-state index contributed by atoms with van der Waals surface area (Å²) in [6.07, 6.45) is 0. The van der Waals surface area contributed by atoms with Crippen LogP contribution in [0.25, 0.3) is 0 Å². The summed E-state index contributed by atoms with van der Waals surface area (Å²) in [4.78, 5) is 12.8. The Balaban J connectivity index is 1.76. The second-order valence-corrected chi connectivity index (χ2v) is 9.45. The molecule has 0 radical (unpaired) electrons. The Kier molecular flexibility index (Phi) is 4.78. The molecule has 7 heteroatoms. The Morgan fingerprint density at radius 3 is 2.30 bits per heavy atom. The van der Waals surface area contributed by atoms with Gasteiger partial charge in [0.15, 0.2) is 5.75 Å². The Bertz CT molecular complexity index is 1280. The van der Waals surface area contributed by atoms with Crippen LogP contribution in [0.5, 0.6) is 11.5 Å². The maximum Gasteiger partial charge on any atom is 0.264 e. The summed E-state index contributed by atoms with van der Waals surface area (Å²) in [5.74, 6) is 0.403. The van der Waals surface area contributed by atoms with Gasteiger partial charge < -0.3 is 10.1 Å². The molecule has 3 aromatic carbocycles. The monoisotopic (exact) mass is 422 g/mol. The molecular weight excluding hydrogens is 400 g/mol. The fourth-order valence-corrected chi connectivity index (χ4v) is 4.70. The molecule has 1 N–H and O–H groups in total. The number of aryl methyl sites for hydroxylation is 3. The SMILES string of the molecule is Cc1ccc2c(c1)NC(=O)c1cc(S(=O)(=O)N(C)c3cc(C)ccc3C)ccc1O2. The summed E-state index contributed by atoms with van der Waals surface area (Å²) < 4.78 is 33.7. The van der Waals surface area contributed by atoms with Crippen molar-refractivity contribution >= 4 is 27.3 Å². The van der Waals surface area contributed by atoms with Crippen molar-refractivity contribution in [3.63, 3.8) is 0 Å². The first-order chi connectivity index (χ1) is 14.2. The fraction of sp³-hybridized carbons (Fsp3) is 0.174. The zero-order chi connectivity index (χ0) is 21.6. The summed E-state index contributed by atoms with van der Waals surface area (Å²) in [5.41, 5.74) is 4.08. The van der Waals surface area contributed by atoms with Crippen molar-refractivity contribution in [1.29, 1.82) is 0 Å². The number of benzene rings is 3. The van der Waals surface area contributed by atoms with Crippen molar-refractivity contribution in [1.82, 2.24) is 0 Å². The second kappa shape index (κ2) is 7.18. The highest BCUT2D eigenvalue weighted by atomic mass is 32.2. The largest absolute Gasteiger partial charge is 0.454 e. The minimum absolute atomic E-state index is 0.0190. The van der Waals surface area contributed by atoms with Crippen molar-refractivity contribution in [2.24, 2.45) is 0 Å². The van der Waals surface area contributed by atoms with Gasteiger partial charge in [-0.05, 0) is 73.9 Å². The molecule has 0 spiro atoms. The van der Waals surface area contributed by atoms with Gasteiger partial charge in [0.25, 0.3) is 15.9 Å². The van der Waals surface area contributed by atoms with Crippen LogP contribution in [0.1, 0.15) is 27.0 Å². The number of sulfonamides is 1. The Hall–Kier alpha value is -3.32. The van der Waals surface area contributed by atoms with Gasteiger partial charge in [0, 0.05) is 7.05 Å². The van der Waals surface area contributed by atoms with Crippen LogP contribution in [-0.4, -0.2) is 21.4 Å². The van der Waals surface area contributed by atoms with Gasteiger partial charge in [0.2, 0.25) is 0 Å². The minimum Gasteiger partial charge on any atom is -0.454 e. The standard InChI is InChI=1S/C23H22N2O4S/c1-14-6-9-22-19(11-14)24-23(26)18-13-17(8-10-21(18)29-22)30(27,28)25(4)20-12-15(2)5-7-16(20)3/h5-13H,1-4H3,(H,24,26). The van der Waals surface area contributed by atoms with E-state index < -0.39 is 15.9 Å². The van der Waals surface area contributed by atoms with Crippen molar-refractivity contribution in [3.05, 3.63) is 76.9 Å². The first kappa shape index (κ1) is 20.0. The molecule has 0 aromatic heterocycles. The molecule has 0 bridgehead atoms. The smallest absolute Gasteiger partial charge is 0.264 e. The third kappa shape index (κ3) is 3.41. The molecule has 0 atom stereocenters. The van der Waals surface area contributed by atoms with Crippen molar-refractivity contribution in [3.8, 4) is 11.5 Å². The molecule has 1 heterocycles. The molecule has 154 valence electrons. The molecule has 1 aliphatic heterocycles. The number of fused-ring (bicyclic) bond motifs is 2. The van der Waals surface area contributed by atoms with Crippen LogP contribution in [-0.2, 0) is 10.0 Å². The number of hydrogen-bond acceptors (Lipinski definition) is 4. The number of carbonyl (C=O) groups excluding carboxylic acids is 1. The quantitative estimate of drug-likeness (QED) is 0.658. The first-order valence-corrected chi connectivity index (χ1v) is 10.9. The van der Waals surface area contributed by atoms with Crippen LogP contribution in [0.15, 0.2) is 59.5 Å². The first-order valence-electron chi connectivity index (χ1n) is 9.47. The molecule has 1 amide bonds. The van der Waals surface area contributed by atoms with Gasteiger partial charge in [-0.3, -0.25) is 9.10 Å². The highest BCUT2D eigenvalue weighted by Crippen LogP contribution is 2.37. The third-order valence-corrected chi connectivity index (χ3v) is 6.93. The van der Waals surface area contributed by atoms with E-state index in [1.165, 1.54) is 29.6 Å².